The Morgan fingerprint density at radius 3 is 1.10 bits per heavy atom. The zero-order valence-electron chi connectivity index (χ0n) is 46.0. The van der Waals surface area contributed by atoms with Crippen molar-refractivity contribution >= 4 is 102 Å². The van der Waals surface area contributed by atoms with E-state index in [9.17, 15) is 4.79 Å². The predicted molar refractivity (Wildman–Crippen MR) is 344 cm³/mol. The Kier molecular flexibility index (Phi) is 22.6. The molecule has 8 rings (SSSR count). The highest BCUT2D eigenvalue weighted by molar-refractivity contribution is 7.14. The van der Waals surface area contributed by atoms with Gasteiger partial charge in [-0.3, -0.25) is 4.79 Å². The van der Waals surface area contributed by atoms with Crippen LogP contribution in [0.1, 0.15) is 106 Å². The molecule has 0 aliphatic carbocycles. The zero-order valence-corrected chi connectivity index (χ0v) is 49.7. The van der Waals surface area contributed by atoms with Crippen LogP contribution in [0.3, 0.4) is 0 Å². The number of carbonyl (C=O) groups excluding carboxylic acids is 1. The Balaban J connectivity index is 0.000000247. The second kappa shape index (κ2) is 29.0. The lowest BCUT2D eigenvalue weighted by molar-refractivity contribution is 0.112. The lowest BCUT2D eigenvalue weighted by Gasteiger charge is -2.43. The summed E-state index contributed by atoms with van der Waals surface area (Å²) >= 11 is 3.26. The summed E-state index contributed by atoms with van der Waals surface area (Å²) in [5.74, 6) is 0. The first-order valence-electron chi connectivity index (χ1n) is 27.0. The Hall–Kier alpha value is -6.18. The Morgan fingerprint density at radius 1 is 0.429 bits per heavy atom. The van der Waals surface area contributed by atoms with Gasteiger partial charge in [0.05, 0.1) is 18.1 Å². The van der Waals surface area contributed by atoms with Crippen molar-refractivity contribution in [3.63, 3.8) is 0 Å². The summed E-state index contributed by atoms with van der Waals surface area (Å²) < 4.78 is 14.3. The van der Waals surface area contributed by atoms with Gasteiger partial charge < -0.3 is 18.7 Å². The fourth-order valence-electron chi connectivity index (χ4n) is 10.3. The van der Waals surface area contributed by atoms with Gasteiger partial charge in [-0.1, -0.05) is 227 Å². The lowest BCUT2D eigenvalue weighted by Crippen LogP contribution is -2.67. The number of benzene rings is 6. The number of nitrogens with zero attached hydrogens (tertiary/aromatic N) is 2. The molecule has 0 atom stereocenters. The van der Waals surface area contributed by atoms with E-state index in [1.54, 1.807) is 11.3 Å². The molecule has 0 amide bonds. The molecule has 0 aliphatic rings. The van der Waals surface area contributed by atoms with Crippen molar-refractivity contribution in [3.8, 4) is 0 Å². The van der Waals surface area contributed by atoms with Crippen LogP contribution in [-0.2, 0) is 8.85 Å². The first-order chi connectivity index (χ1) is 36.8. The average Bonchev–Trinajstić information content (AvgIpc) is 4.18. The van der Waals surface area contributed by atoms with Crippen molar-refractivity contribution in [2.75, 3.05) is 49.2 Å². The molecule has 9 heteroatoms. The number of anilines is 2. The Morgan fingerprint density at radius 2 is 0.792 bits per heavy atom. The minimum absolute atomic E-state index is 0. The summed E-state index contributed by atoms with van der Waals surface area (Å²) in [6.45, 7) is 23.5. The van der Waals surface area contributed by atoms with Crippen LogP contribution in [0.15, 0.2) is 200 Å². The predicted octanol–water partition coefficient (Wildman–Crippen LogP) is 15.9. The molecule has 0 bridgehead atoms. The average molecular weight is 1100 g/mol. The highest BCUT2D eigenvalue weighted by atomic mass is 32.1. The SMILES string of the molecule is C.CCCN(CCO[Si](c1ccccc1)(c1ccccc1)C(C)(C)C)c1ccc(C=Cc2ccc(C=O)s2)cc1.CCCN(CCO[Si](c1ccccc1)(c1ccccc1)C(C)(C)C)c1ccc(C=Cc2cccs2)cc1. The van der Waals surface area contributed by atoms with E-state index in [4.69, 9.17) is 8.85 Å². The molecule has 2 aromatic heterocycles. The van der Waals surface area contributed by atoms with E-state index in [-0.39, 0.29) is 17.5 Å². The lowest BCUT2D eigenvalue weighted by atomic mass is 10.1. The van der Waals surface area contributed by atoms with E-state index < -0.39 is 16.6 Å². The first-order valence-corrected chi connectivity index (χ1v) is 32.5. The van der Waals surface area contributed by atoms with Crippen LogP contribution in [-0.4, -0.2) is 62.3 Å². The number of carbonyl (C=O) groups is 1. The van der Waals surface area contributed by atoms with Gasteiger partial charge in [-0.2, -0.15) is 0 Å². The van der Waals surface area contributed by atoms with Gasteiger partial charge in [0.1, 0.15) is 0 Å². The van der Waals surface area contributed by atoms with Crippen molar-refractivity contribution in [1.29, 1.82) is 0 Å². The zero-order chi connectivity index (χ0) is 53.9. The highest BCUT2D eigenvalue weighted by Crippen LogP contribution is 2.38. The molecule has 0 saturated carbocycles. The summed E-state index contributed by atoms with van der Waals surface area (Å²) in [5.41, 5.74) is 4.82. The molecule has 402 valence electrons. The van der Waals surface area contributed by atoms with Gasteiger partial charge in [-0.25, -0.2) is 0 Å². The number of hydrogen-bond acceptors (Lipinski definition) is 7. The third kappa shape index (κ3) is 15.5. The van der Waals surface area contributed by atoms with Crippen LogP contribution < -0.4 is 30.5 Å². The molecule has 5 nitrogen and oxygen atoms in total. The van der Waals surface area contributed by atoms with E-state index in [1.165, 1.54) is 53.9 Å². The number of hydrogen-bond donors (Lipinski definition) is 0. The molecule has 0 unspecified atom stereocenters. The van der Waals surface area contributed by atoms with Gasteiger partial charge >= 0.3 is 0 Å². The van der Waals surface area contributed by atoms with Crippen molar-refractivity contribution in [1.82, 2.24) is 0 Å². The summed E-state index contributed by atoms with van der Waals surface area (Å²) in [6, 6.07) is 69.2. The van der Waals surface area contributed by atoms with E-state index in [0.29, 0.717) is 13.2 Å². The molecular weight excluding hydrogens is 1010 g/mol. The monoisotopic (exact) mass is 1090 g/mol. The molecule has 0 fully saturated rings. The minimum Gasteiger partial charge on any atom is -0.406 e. The third-order valence-electron chi connectivity index (χ3n) is 13.9. The molecule has 0 saturated heterocycles. The Bertz CT molecular complexity index is 2910. The van der Waals surface area contributed by atoms with Crippen LogP contribution in [0.2, 0.25) is 10.1 Å². The molecule has 6 aromatic carbocycles. The van der Waals surface area contributed by atoms with Crippen molar-refractivity contribution in [3.05, 3.63) is 225 Å². The maximum atomic E-state index is 10.9. The largest absolute Gasteiger partial charge is 0.406 e. The Labute approximate surface area is 472 Å². The minimum atomic E-state index is -2.55. The van der Waals surface area contributed by atoms with Gasteiger partial charge in [-0.05, 0) is 115 Å². The van der Waals surface area contributed by atoms with Crippen LogP contribution >= 0.6 is 22.7 Å². The van der Waals surface area contributed by atoms with E-state index in [2.05, 4.69) is 277 Å². The van der Waals surface area contributed by atoms with E-state index >= 15 is 0 Å². The highest BCUT2D eigenvalue weighted by Gasteiger charge is 2.51. The van der Waals surface area contributed by atoms with Gasteiger partial charge in [0.25, 0.3) is 16.6 Å². The van der Waals surface area contributed by atoms with Gasteiger partial charge in [-0.15, -0.1) is 22.7 Å². The maximum Gasteiger partial charge on any atom is 0.261 e. The first kappa shape index (κ1) is 60.1. The molecule has 0 aliphatic heterocycles. The van der Waals surface area contributed by atoms with Crippen molar-refractivity contribution < 1.29 is 13.6 Å². The second-order valence-corrected chi connectivity index (χ2v) is 32.0. The number of aldehydes is 1. The smallest absolute Gasteiger partial charge is 0.261 e. The normalized spacial score (nSPS) is 12.0. The molecular formula is C68H82N2O3S2Si2. The molecule has 2 heterocycles. The fraction of sp³-hybridized carbons (Fsp3) is 0.279. The van der Waals surface area contributed by atoms with Crippen LogP contribution in [0.4, 0.5) is 11.4 Å². The van der Waals surface area contributed by atoms with Gasteiger partial charge in [0, 0.05) is 47.3 Å². The summed E-state index contributed by atoms with van der Waals surface area (Å²) in [4.78, 5) is 18.9. The van der Waals surface area contributed by atoms with Gasteiger partial charge in [0.2, 0.25) is 0 Å². The fourth-order valence-corrected chi connectivity index (χ4v) is 20.7. The van der Waals surface area contributed by atoms with Crippen molar-refractivity contribution in [2.24, 2.45) is 0 Å². The molecule has 0 spiro atoms. The van der Waals surface area contributed by atoms with Crippen molar-refractivity contribution in [2.45, 2.75) is 85.7 Å². The molecule has 0 N–H and O–H groups in total. The quantitative estimate of drug-likeness (QED) is 0.0472. The molecule has 0 radical (unpaired) electrons. The van der Waals surface area contributed by atoms with Gasteiger partial charge in [0.15, 0.2) is 6.29 Å². The van der Waals surface area contributed by atoms with Crippen LogP contribution in [0.25, 0.3) is 24.3 Å². The third-order valence-corrected chi connectivity index (χ3v) is 25.8. The molecule has 8 aromatic rings. The summed E-state index contributed by atoms with van der Waals surface area (Å²) in [5, 5.41) is 7.35. The molecule has 77 heavy (non-hydrogen) atoms. The van der Waals surface area contributed by atoms with E-state index in [1.807, 2.05) is 12.1 Å². The topological polar surface area (TPSA) is 42.0 Å². The maximum absolute atomic E-state index is 10.9. The summed E-state index contributed by atoms with van der Waals surface area (Å²) in [7, 11) is -5.07. The standard InChI is InChI=1S/C34H39NO2SSi.C33H39NOSSi.CH4/c1-5-24-35(29-19-16-28(17-20-29)18-21-30-22-23-31(27-36)38-30)25-26-37-39(34(2,3)4,32-12-8-6-9-13-32)33-14-10-7-11-15-33;1-5-24-34(29-21-18-28(19-22-29)20-23-30-13-12-27-36-30)25-26-35-37(33(2,3)4,31-14-8-6-9-15-31)32-16-10-7-11-17-32;/h6-23,27H,5,24-26H2,1-4H3;6-23,27H,5,24-26H2,1-4H3;1H4. The second-order valence-electron chi connectivity index (χ2n) is 21.2. The van der Waals surface area contributed by atoms with Crippen LogP contribution in [0.5, 0.6) is 0 Å². The number of thiophene rings is 2. The number of rotatable bonds is 23. The summed E-state index contributed by atoms with van der Waals surface area (Å²) in [6.07, 6.45) is 11.6. The van der Waals surface area contributed by atoms with E-state index in [0.717, 1.165) is 60.6 Å². The van der Waals surface area contributed by atoms with Crippen LogP contribution in [0, 0.1) is 0 Å².